The van der Waals surface area contributed by atoms with Crippen molar-refractivity contribution in [2.24, 2.45) is 5.73 Å². The summed E-state index contributed by atoms with van der Waals surface area (Å²) >= 11 is 4.96. The van der Waals surface area contributed by atoms with E-state index in [1.807, 2.05) is 13.8 Å². The van der Waals surface area contributed by atoms with Gasteiger partial charge in [0.2, 0.25) is 0 Å². The second kappa shape index (κ2) is 7.28. The third-order valence-corrected chi connectivity index (χ3v) is 2.88. The van der Waals surface area contributed by atoms with Crippen molar-refractivity contribution >= 4 is 22.9 Å². The van der Waals surface area contributed by atoms with Crippen LogP contribution in [0.5, 0.6) is 0 Å². The van der Waals surface area contributed by atoms with E-state index < -0.39 is 0 Å². The van der Waals surface area contributed by atoms with Crippen LogP contribution >= 0.6 is 12.2 Å². The molecule has 0 aliphatic carbocycles. The minimum Gasteiger partial charge on any atom is -0.389 e. The van der Waals surface area contributed by atoms with Gasteiger partial charge in [-0.3, -0.25) is 0 Å². The lowest BCUT2D eigenvalue weighted by molar-refractivity contribution is 0.154. The highest BCUT2D eigenvalue weighted by Crippen LogP contribution is 2.21. The second-order valence-corrected chi connectivity index (χ2v) is 4.24. The van der Waals surface area contributed by atoms with Crippen LogP contribution in [-0.2, 0) is 4.74 Å². The first-order valence-electron chi connectivity index (χ1n) is 6.02. The third kappa shape index (κ3) is 3.92. The lowest BCUT2D eigenvalue weighted by Crippen LogP contribution is -2.29. The van der Waals surface area contributed by atoms with Gasteiger partial charge < -0.3 is 15.4 Å². The Morgan fingerprint density at radius 2 is 2.17 bits per heavy atom. The van der Waals surface area contributed by atoms with Crippen LogP contribution in [0.15, 0.2) is 18.2 Å². The minimum atomic E-state index is -0.331. The lowest BCUT2D eigenvalue weighted by Gasteiger charge is -2.25. The first kappa shape index (κ1) is 14.9. The van der Waals surface area contributed by atoms with Crippen molar-refractivity contribution in [1.82, 2.24) is 0 Å². The number of hydrogen-bond acceptors (Lipinski definition) is 3. The fraction of sp³-hybridized carbons (Fsp3) is 0.462. The first-order chi connectivity index (χ1) is 8.60. The predicted molar refractivity (Wildman–Crippen MR) is 76.7 cm³/mol. The van der Waals surface area contributed by atoms with E-state index in [-0.39, 0.29) is 10.8 Å². The molecule has 0 heterocycles. The van der Waals surface area contributed by atoms with Gasteiger partial charge in [0.1, 0.15) is 10.8 Å². The van der Waals surface area contributed by atoms with Crippen molar-refractivity contribution in [2.75, 3.05) is 31.2 Å². The molecule has 0 atom stereocenters. The van der Waals surface area contributed by atoms with Crippen LogP contribution < -0.4 is 10.6 Å². The van der Waals surface area contributed by atoms with Crippen molar-refractivity contribution in [3.63, 3.8) is 0 Å². The number of anilines is 1. The van der Waals surface area contributed by atoms with Crippen LogP contribution in [0.4, 0.5) is 10.1 Å². The molecule has 3 nitrogen and oxygen atoms in total. The SMILES string of the molecule is CCOCCN(CC)c1ccc(F)cc1C(N)=S. The molecule has 1 aromatic carbocycles. The standard InChI is InChI=1S/C13H19FN2OS/c1-3-16(7-8-17-4-2)12-6-5-10(14)9-11(12)13(15)18/h5-6,9H,3-4,7-8H2,1-2H3,(H2,15,18). The average Bonchev–Trinajstić information content (AvgIpc) is 2.35. The number of likely N-dealkylation sites (N-methyl/N-ethyl adjacent to an activating group) is 1. The van der Waals surface area contributed by atoms with E-state index in [0.717, 1.165) is 18.8 Å². The van der Waals surface area contributed by atoms with Gasteiger partial charge in [0.15, 0.2) is 0 Å². The van der Waals surface area contributed by atoms with Gasteiger partial charge >= 0.3 is 0 Å². The number of thiocarbonyl (C=S) groups is 1. The maximum absolute atomic E-state index is 13.2. The highest BCUT2D eigenvalue weighted by Gasteiger charge is 2.12. The Labute approximate surface area is 113 Å². The summed E-state index contributed by atoms with van der Waals surface area (Å²) in [6.07, 6.45) is 0. The largest absolute Gasteiger partial charge is 0.389 e. The molecule has 1 rings (SSSR count). The van der Waals surface area contributed by atoms with E-state index in [9.17, 15) is 4.39 Å². The second-order valence-electron chi connectivity index (χ2n) is 3.80. The maximum atomic E-state index is 13.2. The molecule has 0 unspecified atom stereocenters. The topological polar surface area (TPSA) is 38.5 Å². The van der Waals surface area contributed by atoms with Gasteiger partial charge in [0, 0.05) is 30.9 Å². The Kier molecular flexibility index (Phi) is 6.01. The van der Waals surface area contributed by atoms with Gasteiger partial charge in [-0.2, -0.15) is 0 Å². The van der Waals surface area contributed by atoms with Gasteiger partial charge in [-0.1, -0.05) is 12.2 Å². The highest BCUT2D eigenvalue weighted by molar-refractivity contribution is 7.80. The molecule has 0 bridgehead atoms. The van der Waals surface area contributed by atoms with E-state index in [2.05, 4.69) is 4.90 Å². The highest BCUT2D eigenvalue weighted by atomic mass is 32.1. The summed E-state index contributed by atoms with van der Waals surface area (Å²) in [5, 5.41) is 0. The maximum Gasteiger partial charge on any atom is 0.124 e. The lowest BCUT2D eigenvalue weighted by atomic mass is 10.1. The van der Waals surface area contributed by atoms with Gasteiger partial charge in [-0.05, 0) is 32.0 Å². The zero-order valence-electron chi connectivity index (χ0n) is 10.8. The molecule has 0 saturated heterocycles. The predicted octanol–water partition coefficient (Wildman–Crippen LogP) is 2.32. The van der Waals surface area contributed by atoms with E-state index in [1.54, 1.807) is 6.07 Å². The normalized spacial score (nSPS) is 10.4. The van der Waals surface area contributed by atoms with Crippen molar-refractivity contribution in [3.8, 4) is 0 Å². The fourth-order valence-corrected chi connectivity index (χ4v) is 1.91. The van der Waals surface area contributed by atoms with Gasteiger partial charge in [0.25, 0.3) is 0 Å². The third-order valence-electron chi connectivity index (χ3n) is 2.66. The molecule has 100 valence electrons. The molecule has 18 heavy (non-hydrogen) atoms. The zero-order chi connectivity index (χ0) is 13.5. The summed E-state index contributed by atoms with van der Waals surface area (Å²) in [6.45, 7) is 6.80. The fourth-order valence-electron chi connectivity index (χ4n) is 1.75. The molecule has 2 N–H and O–H groups in total. The number of rotatable bonds is 7. The Bertz CT molecular complexity index is 412. The van der Waals surface area contributed by atoms with Crippen LogP contribution in [0.2, 0.25) is 0 Å². The average molecular weight is 270 g/mol. The molecule has 0 saturated carbocycles. The van der Waals surface area contributed by atoms with Crippen LogP contribution in [-0.4, -0.2) is 31.3 Å². The minimum absolute atomic E-state index is 0.208. The molecule has 0 aromatic heterocycles. The van der Waals surface area contributed by atoms with Crippen molar-refractivity contribution in [2.45, 2.75) is 13.8 Å². The summed E-state index contributed by atoms with van der Waals surface area (Å²) in [6, 6.07) is 4.50. The quantitative estimate of drug-likeness (QED) is 0.609. The smallest absolute Gasteiger partial charge is 0.124 e. The van der Waals surface area contributed by atoms with Crippen molar-refractivity contribution < 1.29 is 9.13 Å². The molecule has 0 spiro atoms. The summed E-state index contributed by atoms with van der Waals surface area (Å²) in [5.41, 5.74) is 7.06. The number of nitrogens with zero attached hydrogens (tertiary/aromatic N) is 1. The number of hydrogen-bond donors (Lipinski definition) is 1. The number of halogens is 1. The molecule has 0 radical (unpaired) electrons. The summed E-state index contributed by atoms with van der Waals surface area (Å²) in [4.78, 5) is 2.28. The molecule has 0 fully saturated rings. The van der Waals surface area contributed by atoms with Crippen LogP contribution in [0.1, 0.15) is 19.4 Å². The van der Waals surface area contributed by atoms with Gasteiger partial charge in [-0.25, -0.2) is 4.39 Å². The molecule has 1 aromatic rings. The van der Waals surface area contributed by atoms with Crippen LogP contribution in [0, 0.1) is 5.82 Å². The molecule has 0 aliphatic rings. The summed E-state index contributed by atoms with van der Waals surface area (Å²) < 4.78 is 18.6. The van der Waals surface area contributed by atoms with Gasteiger partial charge in [-0.15, -0.1) is 0 Å². The molecule has 0 aliphatic heterocycles. The molecular weight excluding hydrogens is 251 g/mol. The Morgan fingerprint density at radius 1 is 1.44 bits per heavy atom. The monoisotopic (exact) mass is 270 g/mol. The number of nitrogens with two attached hydrogens (primary N) is 1. The number of ether oxygens (including phenoxy) is 1. The van der Waals surface area contributed by atoms with Crippen LogP contribution in [0.3, 0.4) is 0 Å². The summed E-state index contributed by atoms with van der Waals surface area (Å²) in [7, 11) is 0. The van der Waals surface area contributed by atoms with Crippen LogP contribution in [0.25, 0.3) is 0 Å². The Balaban J connectivity index is 2.93. The Hall–Kier alpha value is -1.20. The summed E-state index contributed by atoms with van der Waals surface area (Å²) in [5.74, 6) is -0.331. The molecular formula is C13H19FN2OS. The molecule has 5 heteroatoms. The van der Waals surface area contributed by atoms with E-state index in [0.29, 0.717) is 18.8 Å². The molecule has 0 amide bonds. The Morgan fingerprint density at radius 3 is 2.72 bits per heavy atom. The zero-order valence-corrected chi connectivity index (χ0v) is 11.6. The van der Waals surface area contributed by atoms with Crippen molar-refractivity contribution in [1.29, 1.82) is 0 Å². The number of benzene rings is 1. The van der Waals surface area contributed by atoms with Gasteiger partial charge in [0.05, 0.1) is 6.61 Å². The van der Waals surface area contributed by atoms with Crippen molar-refractivity contribution in [3.05, 3.63) is 29.6 Å². The first-order valence-corrected chi connectivity index (χ1v) is 6.43. The van der Waals surface area contributed by atoms with E-state index >= 15 is 0 Å². The van der Waals surface area contributed by atoms with E-state index in [4.69, 9.17) is 22.7 Å². The van der Waals surface area contributed by atoms with E-state index in [1.165, 1.54) is 12.1 Å².